The van der Waals surface area contributed by atoms with Crippen molar-refractivity contribution in [2.45, 2.75) is 19.3 Å². The largest absolute Gasteiger partial charge is 0.361 e. The molecule has 1 N–H and O–H groups in total. The van der Waals surface area contributed by atoms with E-state index in [9.17, 15) is 9.59 Å². The molecule has 2 aromatic rings. The van der Waals surface area contributed by atoms with Crippen molar-refractivity contribution in [1.29, 1.82) is 0 Å². The van der Waals surface area contributed by atoms with Crippen LogP contribution in [-0.4, -0.2) is 16.6 Å². The monoisotopic (exact) mass is 227 g/mol. The number of aromatic amines is 1. The SMILES string of the molecule is O=C(C(=O)C1CCC1)c1cccc2[nH]ccc12. The second-order valence-electron chi connectivity index (χ2n) is 4.57. The Bertz CT molecular complexity index is 593. The number of benzene rings is 1. The van der Waals surface area contributed by atoms with Gasteiger partial charge in [0, 0.05) is 28.6 Å². The van der Waals surface area contributed by atoms with E-state index in [0.29, 0.717) is 5.56 Å². The standard InChI is InChI=1S/C14H13NO2/c16-13(9-3-1-4-9)14(17)11-5-2-6-12-10(11)7-8-15-12/h2,5-9,15H,1,3-4H2. The van der Waals surface area contributed by atoms with Crippen molar-refractivity contribution in [1.82, 2.24) is 4.98 Å². The molecule has 1 fully saturated rings. The molecule has 0 amide bonds. The zero-order chi connectivity index (χ0) is 11.8. The molecule has 3 rings (SSSR count). The van der Waals surface area contributed by atoms with Crippen LogP contribution in [0.25, 0.3) is 10.9 Å². The van der Waals surface area contributed by atoms with E-state index in [1.807, 2.05) is 12.1 Å². The number of H-pyrrole nitrogens is 1. The first kappa shape index (κ1) is 10.3. The maximum absolute atomic E-state index is 12.1. The Morgan fingerprint density at radius 2 is 2.00 bits per heavy atom. The van der Waals surface area contributed by atoms with Crippen LogP contribution in [-0.2, 0) is 4.79 Å². The van der Waals surface area contributed by atoms with Crippen LogP contribution in [0.2, 0.25) is 0 Å². The topological polar surface area (TPSA) is 49.9 Å². The molecule has 17 heavy (non-hydrogen) atoms. The summed E-state index contributed by atoms with van der Waals surface area (Å²) in [7, 11) is 0. The smallest absolute Gasteiger partial charge is 0.229 e. The third kappa shape index (κ3) is 1.58. The quantitative estimate of drug-likeness (QED) is 0.647. The third-order valence-electron chi connectivity index (χ3n) is 3.54. The highest BCUT2D eigenvalue weighted by Gasteiger charge is 2.31. The van der Waals surface area contributed by atoms with Gasteiger partial charge in [-0.1, -0.05) is 18.6 Å². The number of carbonyl (C=O) groups is 2. The first-order valence-corrected chi connectivity index (χ1v) is 5.92. The minimum atomic E-state index is -0.333. The Kier molecular flexibility index (Phi) is 2.32. The van der Waals surface area contributed by atoms with E-state index in [2.05, 4.69) is 4.98 Å². The molecule has 0 atom stereocenters. The molecule has 0 saturated heterocycles. The highest BCUT2D eigenvalue weighted by Crippen LogP contribution is 2.29. The van der Waals surface area contributed by atoms with Crippen molar-refractivity contribution in [2.75, 3.05) is 0 Å². The molecule has 0 aliphatic heterocycles. The van der Waals surface area contributed by atoms with Gasteiger partial charge in [-0.15, -0.1) is 0 Å². The summed E-state index contributed by atoms with van der Waals surface area (Å²) in [4.78, 5) is 27.1. The normalized spacial score (nSPS) is 15.8. The fourth-order valence-electron chi connectivity index (χ4n) is 2.27. The molecule has 0 unspecified atom stereocenters. The van der Waals surface area contributed by atoms with Gasteiger partial charge in [0.25, 0.3) is 0 Å². The predicted octanol–water partition coefficient (Wildman–Crippen LogP) is 2.72. The van der Waals surface area contributed by atoms with Crippen LogP contribution in [0.3, 0.4) is 0 Å². The number of fused-ring (bicyclic) bond motifs is 1. The van der Waals surface area contributed by atoms with Gasteiger partial charge < -0.3 is 4.98 Å². The number of hydrogen-bond donors (Lipinski definition) is 1. The molecule has 1 aliphatic rings. The van der Waals surface area contributed by atoms with Gasteiger partial charge in [0.05, 0.1) is 0 Å². The molecule has 3 nitrogen and oxygen atoms in total. The lowest BCUT2D eigenvalue weighted by Gasteiger charge is -2.22. The molecule has 1 heterocycles. The van der Waals surface area contributed by atoms with E-state index in [4.69, 9.17) is 0 Å². The van der Waals surface area contributed by atoms with E-state index in [0.717, 1.165) is 30.2 Å². The van der Waals surface area contributed by atoms with Crippen molar-refractivity contribution in [3.05, 3.63) is 36.0 Å². The molecule has 0 radical (unpaired) electrons. The predicted molar refractivity (Wildman–Crippen MR) is 65.0 cm³/mol. The number of carbonyl (C=O) groups excluding carboxylic acids is 2. The molecule has 1 saturated carbocycles. The molecule has 86 valence electrons. The van der Waals surface area contributed by atoms with Crippen LogP contribution in [0.5, 0.6) is 0 Å². The van der Waals surface area contributed by atoms with Crippen LogP contribution in [0.4, 0.5) is 0 Å². The second-order valence-corrected chi connectivity index (χ2v) is 4.57. The summed E-state index contributed by atoms with van der Waals surface area (Å²) in [6.07, 6.45) is 4.59. The third-order valence-corrected chi connectivity index (χ3v) is 3.54. The molecule has 0 spiro atoms. The van der Waals surface area contributed by atoms with Crippen molar-refractivity contribution < 1.29 is 9.59 Å². The van der Waals surface area contributed by atoms with Crippen LogP contribution in [0.1, 0.15) is 29.6 Å². The Labute approximate surface area is 98.8 Å². The summed E-state index contributed by atoms with van der Waals surface area (Å²) >= 11 is 0. The molecule has 1 aliphatic carbocycles. The van der Waals surface area contributed by atoms with Gasteiger partial charge >= 0.3 is 0 Å². The second kappa shape index (κ2) is 3.84. The lowest BCUT2D eigenvalue weighted by Crippen LogP contribution is -2.28. The van der Waals surface area contributed by atoms with Gasteiger partial charge in [-0.25, -0.2) is 0 Å². The lowest BCUT2D eigenvalue weighted by atomic mass is 9.79. The minimum Gasteiger partial charge on any atom is -0.361 e. The van der Waals surface area contributed by atoms with Crippen molar-refractivity contribution >= 4 is 22.5 Å². The highest BCUT2D eigenvalue weighted by molar-refractivity contribution is 6.46. The van der Waals surface area contributed by atoms with Gasteiger partial charge in [-0.3, -0.25) is 9.59 Å². The van der Waals surface area contributed by atoms with E-state index in [1.54, 1.807) is 18.3 Å². The number of aromatic nitrogens is 1. The van der Waals surface area contributed by atoms with E-state index >= 15 is 0 Å². The number of rotatable bonds is 3. The molecular formula is C14H13NO2. The Balaban J connectivity index is 2.00. The molecular weight excluding hydrogens is 214 g/mol. The fraction of sp³-hybridized carbons (Fsp3) is 0.286. The first-order chi connectivity index (χ1) is 8.27. The van der Waals surface area contributed by atoms with E-state index < -0.39 is 0 Å². The summed E-state index contributed by atoms with van der Waals surface area (Å²) in [5.41, 5.74) is 1.43. The van der Waals surface area contributed by atoms with Gasteiger partial charge in [0.15, 0.2) is 0 Å². The summed E-state index contributed by atoms with van der Waals surface area (Å²) in [6, 6.07) is 7.28. The Morgan fingerprint density at radius 3 is 2.71 bits per heavy atom. The van der Waals surface area contributed by atoms with E-state index in [1.165, 1.54) is 0 Å². The maximum Gasteiger partial charge on any atom is 0.229 e. The van der Waals surface area contributed by atoms with E-state index in [-0.39, 0.29) is 17.5 Å². The summed E-state index contributed by atoms with van der Waals surface area (Å²) in [5.74, 6) is -0.582. The summed E-state index contributed by atoms with van der Waals surface area (Å²) in [6.45, 7) is 0. The zero-order valence-electron chi connectivity index (χ0n) is 9.40. The lowest BCUT2D eigenvalue weighted by molar-refractivity contribution is -0.120. The fourth-order valence-corrected chi connectivity index (χ4v) is 2.27. The highest BCUT2D eigenvalue weighted by atomic mass is 16.2. The van der Waals surface area contributed by atoms with Gasteiger partial charge in [0.1, 0.15) is 0 Å². The number of ketones is 2. The Hall–Kier alpha value is -1.90. The number of hydrogen-bond acceptors (Lipinski definition) is 2. The van der Waals surface area contributed by atoms with Crippen LogP contribution < -0.4 is 0 Å². The van der Waals surface area contributed by atoms with Gasteiger partial charge in [-0.2, -0.15) is 0 Å². The average Bonchev–Trinajstić information content (AvgIpc) is 2.73. The van der Waals surface area contributed by atoms with Crippen LogP contribution >= 0.6 is 0 Å². The molecule has 3 heteroatoms. The van der Waals surface area contributed by atoms with Crippen molar-refractivity contribution in [3.8, 4) is 0 Å². The van der Waals surface area contributed by atoms with Gasteiger partial charge in [0.2, 0.25) is 11.6 Å². The maximum atomic E-state index is 12.1. The first-order valence-electron chi connectivity index (χ1n) is 5.92. The van der Waals surface area contributed by atoms with Crippen molar-refractivity contribution in [3.63, 3.8) is 0 Å². The van der Waals surface area contributed by atoms with Gasteiger partial charge in [-0.05, 0) is 25.0 Å². The number of nitrogens with one attached hydrogen (secondary N) is 1. The molecule has 1 aromatic carbocycles. The number of Topliss-reactive ketones (excluding diaryl/α,β-unsaturated/α-hetero) is 2. The Morgan fingerprint density at radius 1 is 1.18 bits per heavy atom. The van der Waals surface area contributed by atoms with Crippen LogP contribution in [0.15, 0.2) is 30.5 Å². The minimum absolute atomic E-state index is 0.0308. The zero-order valence-corrected chi connectivity index (χ0v) is 9.40. The van der Waals surface area contributed by atoms with Crippen molar-refractivity contribution in [2.24, 2.45) is 5.92 Å². The van der Waals surface area contributed by atoms with Crippen LogP contribution in [0, 0.1) is 5.92 Å². The average molecular weight is 227 g/mol. The summed E-state index contributed by atoms with van der Waals surface area (Å²) < 4.78 is 0. The summed E-state index contributed by atoms with van der Waals surface area (Å²) in [5, 5.41) is 0.838. The molecule has 0 bridgehead atoms. The molecule has 1 aromatic heterocycles.